The molecule has 0 aliphatic carbocycles. The number of rotatable bonds is 13. The maximum atomic E-state index is 8.01. The van der Waals surface area contributed by atoms with Gasteiger partial charge in [-0.25, -0.2) is 0 Å². The minimum absolute atomic E-state index is 0.219. The van der Waals surface area contributed by atoms with Crippen LogP contribution in [0.25, 0.3) is 0 Å². The summed E-state index contributed by atoms with van der Waals surface area (Å²) in [6, 6.07) is 16.4. The molecule has 0 saturated heterocycles. The molecule has 3 N–H and O–H groups in total. The lowest BCUT2D eigenvalue weighted by Crippen LogP contribution is -2.20. The SMILES string of the molecule is CCc1ccc(CNc2nc(OC(C)COC)nc(NCc3ccc(OC)cc3)c2C=N)cc1. The number of aromatic nitrogens is 2. The molecule has 1 unspecified atom stereocenters. The molecule has 0 radical (unpaired) electrons. The van der Waals surface area contributed by atoms with Crippen LogP contribution in [0.15, 0.2) is 48.5 Å². The number of nitrogens with one attached hydrogen (secondary N) is 3. The first-order chi connectivity index (χ1) is 16.6. The quantitative estimate of drug-likeness (QED) is 0.316. The molecule has 0 amide bonds. The van der Waals surface area contributed by atoms with E-state index < -0.39 is 0 Å². The van der Waals surface area contributed by atoms with E-state index in [-0.39, 0.29) is 12.1 Å². The molecule has 1 aromatic heterocycles. The van der Waals surface area contributed by atoms with Crippen molar-refractivity contribution in [3.05, 3.63) is 70.8 Å². The molecule has 0 saturated carbocycles. The summed E-state index contributed by atoms with van der Waals surface area (Å²) in [5.41, 5.74) is 4.02. The standard InChI is InChI=1S/C26H33N5O3/c1-5-19-6-8-20(9-7-19)15-28-24-23(14-27)25(31-26(30-24)34-18(2)17-32-3)29-16-21-10-12-22(33-4)13-11-21/h6-14,18,27H,5,15-17H2,1-4H3,(H2,28,29,30,31). The van der Waals surface area contributed by atoms with E-state index in [1.165, 1.54) is 11.8 Å². The zero-order valence-electron chi connectivity index (χ0n) is 20.2. The van der Waals surface area contributed by atoms with E-state index in [0.29, 0.717) is 36.9 Å². The molecule has 180 valence electrons. The summed E-state index contributed by atoms with van der Waals surface area (Å²) in [6.07, 6.45) is 2.03. The molecular weight excluding hydrogens is 430 g/mol. The van der Waals surface area contributed by atoms with Gasteiger partial charge in [-0.05, 0) is 42.2 Å². The number of benzene rings is 2. The first kappa shape index (κ1) is 25.0. The first-order valence-corrected chi connectivity index (χ1v) is 11.3. The van der Waals surface area contributed by atoms with Crippen LogP contribution in [0.5, 0.6) is 11.8 Å². The lowest BCUT2D eigenvalue weighted by Gasteiger charge is -2.17. The lowest BCUT2D eigenvalue weighted by molar-refractivity contribution is 0.0857. The van der Waals surface area contributed by atoms with Gasteiger partial charge in [-0.2, -0.15) is 9.97 Å². The van der Waals surface area contributed by atoms with Crippen molar-refractivity contribution in [3.63, 3.8) is 0 Å². The van der Waals surface area contributed by atoms with Gasteiger partial charge in [-0.1, -0.05) is 43.3 Å². The highest BCUT2D eigenvalue weighted by molar-refractivity contribution is 5.90. The van der Waals surface area contributed by atoms with Crippen molar-refractivity contribution < 1.29 is 14.2 Å². The molecule has 2 aromatic carbocycles. The second kappa shape index (κ2) is 12.6. The number of ether oxygens (including phenoxy) is 3. The van der Waals surface area contributed by atoms with Crippen LogP contribution < -0.4 is 20.1 Å². The predicted octanol–water partition coefficient (Wildman–Crippen LogP) is 4.68. The van der Waals surface area contributed by atoms with E-state index >= 15 is 0 Å². The molecule has 0 aliphatic rings. The van der Waals surface area contributed by atoms with Gasteiger partial charge >= 0.3 is 6.01 Å². The van der Waals surface area contributed by atoms with Crippen LogP contribution in [0.4, 0.5) is 11.6 Å². The van der Waals surface area contributed by atoms with Gasteiger partial charge in [0.15, 0.2) is 0 Å². The topological polar surface area (TPSA) is 101 Å². The summed E-state index contributed by atoms with van der Waals surface area (Å²) in [6.45, 7) is 5.53. The Kier molecular flexibility index (Phi) is 9.22. The number of methoxy groups -OCH3 is 2. The molecule has 3 rings (SSSR count). The van der Waals surface area contributed by atoms with Crippen molar-refractivity contribution in [1.29, 1.82) is 5.41 Å². The van der Waals surface area contributed by atoms with Crippen LogP contribution in [-0.4, -0.2) is 43.1 Å². The lowest BCUT2D eigenvalue weighted by atomic mass is 10.1. The Morgan fingerprint density at radius 2 is 1.41 bits per heavy atom. The number of nitrogens with zero attached hydrogens (tertiary/aromatic N) is 2. The zero-order chi connectivity index (χ0) is 24.3. The van der Waals surface area contributed by atoms with Crippen LogP contribution in [0.3, 0.4) is 0 Å². The Morgan fingerprint density at radius 1 is 0.882 bits per heavy atom. The third-order valence-corrected chi connectivity index (χ3v) is 5.29. The summed E-state index contributed by atoms with van der Waals surface area (Å²) in [5.74, 6) is 1.85. The Hall–Kier alpha value is -3.65. The Morgan fingerprint density at radius 3 is 1.88 bits per heavy atom. The zero-order valence-corrected chi connectivity index (χ0v) is 20.2. The van der Waals surface area contributed by atoms with Crippen LogP contribution >= 0.6 is 0 Å². The number of anilines is 2. The monoisotopic (exact) mass is 463 g/mol. The number of hydrogen-bond acceptors (Lipinski definition) is 8. The van der Waals surface area contributed by atoms with Crippen molar-refractivity contribution in [2.24, 2.45) is 0 Å². The van der Waals surface area contributed by atoms with E-state index in [0.717, 1.165) is 23.3 Å². The molecule has 0 fully saturated rings. The van der Waals surface area contributed by atoms with Crippen LogP contribution in [0, 0.1) is 5.41 Å². The van der Waals surface area contributed by atoms with Crippen molar-refractivity contribution >= 4 is 17.9 Å². The molecule has 34 heavy (non-hydrogen) atoms. The second-order valence-electron chi connectivity index (χ2n) is 7.87. The third kappa shape index (κ3) is 6.92. The smallest absolute Gasteiger partial charge is 0.320 e. The molecule has 3 aromatic rings. The van der Waals surface area contributed by atoms with Crippen LogP contribution in [-0.2, 0) is 24.2 Å². The summed E-state index contributed by atoms with van der Waals surface area (Å²) in [7, 11) is 3.26. The van der Waals surface area contributed by atoms with Crippen molar-refractivity contribution in [3.8, 4) is 11.8 Å². The van der Waals surface area contributed by atoms with Crippen molar-refractivity contribution in [2.45, 2.75) is 39.5 Å². The van der Waals surface area contributed by atoms with E-state index in [1.54, 1.807) is 14.2 Å². The van der Waals surface area contributed by atoms with Gasteiger partial charge in [-0.15, -0.1) is 0 Å². The third-order valence-electron chi connectivity index (χ3n) is 5.29. The minimum atomic E-state index is -0.222. The fourth-order valence-corrected chi connectivity index (χ4v) is 3.36. The van der Waals surface area contributed by atoms with Crippen LogP contribution in [0.2, 0.25) is 0 Å². The molecule has 1 atom stereocenters. The van der Waals surface area contributed by atoms with Gasteiger partial charge in [0.1, 0.15) is 23.5 Å². The average molecular weight is 464 g/mol. The Balaban J connectivity index is 1.84. The number of hydrogen-bond donors (Lipinski definition) is 3. The highest BCUT2D eigenvalue weighted by Crippen LogP contribution is 2.24. The van der Waals surface area contributed by atoms with Crippen LogP contribution in [0.1, 0.15) is 36.1 Å². The average Bonchev–Trinajstić information content (AvgIpc) is 2.86. The minimum Gasteiger partial charge on any atom is -0.497 e. The summed E-state index contributed by atoms with van der Waals surface area (Å²) < 4.78 is 16.3. The van der Waals surface area contributed by atoms with Gasteiger partial charge in [0, 0.05) is 26.4 Å². The van der Waals surface area contributed by atoms with E-state index in [2.05, 4.69) is 51.8 Å². The normalized spacial score (nSPS) is 11.5. The highest BCUT2D eigenvalue weighted by Gasteiger charge is 2.16. The van der Waals surface area contributed by atoms with Gasteiger partial charge in [0.05, 0.1) is 19.3 Å². The van der Waals surface area contributed by atoms with Gasteiger partial charge in [0.25, 0.3) is 0 Å². The Bertz CT molecular complexity index is 983. The molecule has 0 bridgehead atoms. The van der Waals surface area contributed by atoms with Crippen molar-refractivity contribution in [2.75, 3.05) is 31.5 Å². The maximum absolute atomic E-state index is 8.01. The fraction of sp³-hybridized carbons (Fsp3) is 0.346. The summed E-state index contributed by atoms with van der Waals surface area (Å²) in [5, 5.41) is 14.7. The summed E-state index contributed by atoms with van der Waals surface area (Å²) >= 11 is 0. The first-order valence-electron chi connectivity index (χ1n) is 11.3. The van der Waals surface area contributed by atoms with E-state index in [9.17, 15) is 0 Å². The molecule has 8 nitrogen and oxygen atoms in total. The molecular formula is C26H33N5O3. The summed E-state index contributed by atoms with van der Waals surface area (Å²) in [4.78, 5) is 9.08. The highest BCUT2D eigenvalue weighted by atomic mass is 16.5. The Labute approximate surface area is 201 Å². The predicted molar refractivity (Wildman–Crippen MR) is 135 cm³/mol. The molecule has 8 heteroatoms. The molecule has 0 spiro atoms. The number of aryl methyl sites for hydroxylation is 1. The molecule has 1 heterocycles. The molecule has 0 aliphatic heterocycles. The maximum Gasteiger partial charge on any atom is 0.320 e. The van der Waals surface area contributed by atoms with Crippen molar-refractivity contribution in [1.82, 2.24) is 9.97 Å². The van der Waals surface area contributed by atoms with Gasteiger partial charge in [-0.3, -0.25) is 0 Å². The van der Waals surface area contributed by atoms with E-state index in [1.807, 2.05) is 31.2 Å². The van der Waals surface area contributed by atoms with Gasteiger partial charge in [0.2, 0.25) is 0 Å². The van der Waals surface area contributed by atoms with E-state index in [4.69, 9.17) is 19.6 Å². The fourth-order valence-electron chi connectivity index (χ4n) is 3.36. The second-order valence-corrected chi connectivity index (χ2v) is 7.87. The largest absolute Gasteiger partial charge is 0.497 e. The van der Waals surface area contributed by atoms with Gasteiger partial charge < -0.3 is 30.3 Å².